The second kappa shape index (κ2) is 15.0. The molecule has 0 saturated heterocycles. The highest BCUT2D eigenvalue weighted by molar-refractivity contribution is 5.70. The van der Waals surface area contributed by atoms with E-state index in [1.165, 1.54) is 19.3 Å². The third kappa shape index (κ3) is 10.8. The first kappa shape index (κ1) is 24.4. The van der Waals surface area contributed by atoms with E-state index in [0.29, 0.717) is 24.3 Å². The predicted octanol–water partition coefficient (Wildman–Crippen LogP) is 5.38. The van der Waals surface area contributed by atoms with Gasteiger partial charge in [0, 0.05) is 13.2 Å². The summed E-state index contributed by atoms with van der Waals surface area (Å²) in [5.41, 5.74) is 1.15. The molecule has 0 radical (unpaired) electrons. The van der Waals surface area contributed by atoms with Crippen molar-refractivity contribution in [3.63, 3.8) is 0 Å². The van der Waals surface area contributed by atoms with Gasteiger partial charge in [0.1, 0.15) is 5.75 Å². The lowest BCUT2D eigenvalue weighted by molar-refractivity contribution is 0.0163. The molecule has 1 aromatic rings. The van der Waals surface area contributed by atoms with Crippen molar-refractivity contribution in [3.8, 4) is 5.75 Å². The standard InChI is InChI=1S/C25H40N2O3/c1-3-4-17-26-18-7-5-6-8-19-29-23-15-11-22(12-16-23)20-27-25(28)30-24-13-9-21(2)10-14-24/h3,9-10,13-14,22-23,26H,1,4-8,11-12,15-20H2,2H3,(H,27,28). The molecule has 0 atom stereocenters. The quantitative estimate of drug-likeness (QED) is 0.315. The lowest BCUT2D eigenvalue weighted by Crippen LogP contribution is -2.34. The normalized spacial score (nSPS) is 18.7. The van der Waals surface area contributed by atoms with Gasteiger partial charge in [-0.25, -0.2) is 4.79 Å². The van der Waals surface area contributed by atoms with E-state index >= 15 is 0 Å². The van der Waals surface area contributed by atoms with E-state index in [0.717, 1.165) is 63.8 Å². The molecule has 2 rings (SSSR count). The summed E-state index contributed by atoms with van der Waals surface area (Å²) in [6, 6.07) is 7.51. The van der Waals surface area contributed by atoms with Crippen molar-refractivity contribution in [2.24, 2.45) is 5.92 Å². The zero-order valence-corrected chi connectivity index (χ0v) is 18.7. The number of carbonyl (C=O) groups excluding carboxylic acids is 1. The Kier molecular flexibility index (Phi) is 12.2. The number of hydrogen-bond acceptors (Lipinski definition) is 4. The topological polar surface area (TPSA) is 59.6 Å². The number of carbonyl (C=O) groups is 1. The number of rotatable bonds is 14. The van der Waals surface area contributed by atoms with Crippen LogP contribution in [0.5, 0.6) is 5.75 Å². The first-order valence-electron chi connectivity index (χ1n) is 11.6. The fourth-order valence-corrected chi connectivity index (χ4v) is 3.76. The summed E-state index contributed by atoms with van der Waals surface area (Å²) in [4.78, 5) is 12.0. The average Bonchev–Trinajstić information content (AvgIpc) is 2.76. The second-order valence-electron chi connectivity index (χ2n) is 8.34. The van der Waals surface area contributed by atoms with Crippen LogP contribution in [0.2, 0.25) is 0 Å². The summed E-state index contributed by atoms with van der Waals surface area (Å²) in [7, 11) is 0. The van der Waals surface area contributed by atoms with Crippen LogP contribution in [-0.4, -0.2) is 38.4 Å². The smallest absolute Gasteiger partial charge is 0.410 e. The van der Waals surface area contributed by atoms with Crippen LogP contribution in [0.4, 0.5) is 4.79 Å². The molecule has 1 aromatic carbocycles. The largest absolute Gasteiger partial charge is 0.412 e. The maximum atomic E-state index is 12.0. The molecule has 0 bridgehead atoms. The van der Waals surface area contributed by atoms with Gasteiger partial charge in [-0.05, 0) is 83.0 Å². The van der Waals surface area contributed by atoms with Crippen molar-refractivity contribution in [1.29, 1.82) is 0 Å². The summed E-state index contributed by atoms with van der Waals surface area (Å²) in [6.45, 7) is 9.43. The Balaban J connectivity index is 1.44. The van der Waals surface area contributed by atoms with Crippen LogP contribution in [0.1, 0.15) is 63.4 Å². The highest BCUT2D eigenvalue weighted by atomic mass is 16.6. The Morgan fingerprint density at radius 1 is 1.07 bits per heavy atom. The molecule has 0 aromatic heterocycles. The monoisotopic (exact) mass is 416 g/mol. The summed E-state index contributed by atoms with van der Waals surface area (Å²) in [5.74, 6) is 1.10. The Morgan fingerprint density at radius 3 is 2.53 bits per heavy atom. The molecule has 30 heavy (non-hydrogen) atoms. The van der Waals surface area contributed by atoms with Gasteiger partial charge in [0.05, 0.1) is 6.10 Å². The van der Waals surface area contributed by atoms with Crippen molar-refractivity contribution in [3.05, 3.63) is 42.5 Å². The van der Waals surface area contributed by atoms with E-state index in [-0.39, 0.29) is 6.09 Å². The third-order valence-corrected chi connectivity index (χ3v) is 5.69. The lowest BCUT2D eigenvalue weighted by Gasteiger charge is -2.28. The molecule has 168 valence electrons. The van der Waals surface area contributed by atoms with Gasteiger partial charge in [-0.15, -0.1) is 6.58 Å². The molecule has 1 aliphatic carbocycles. The van der Waals surface area contributed by atoms with Crippen LogP contribution in [0, 0.1) is 12.8 Å². The van der Waals surface area contributed by atoms with E-state index in [9.17, 15) is 4.79 Å². The first-order chi connectivity index (χ1) is 14.7. The number of hydrogen-bond donors (Lipinski definition) is 2. The van der Waals surface area contributed by atoms with E-state index in [2.05, 4.69) is 17.2 Å². The van der Waals surface area contributed by atoms with Gasteiger partial charge in [0.25, 0.3) is 0 Å². The summed E-state index contributed by atoms with van der Waals surface area (Å²) in [5, 5.41) is 6.33. The fraction of sp³-hybridized carbons (Fsp3) is 0.640. The highest BCUT2D eigenvalue weighted by Crippen LogP contribution is 2.26. The van der Waals surface area contributed by atoms with Crippen LogP contribution < -0.4 is 15.4 Å². The van der Waals surface area contributed by atoms with Crippen LogP contribution in [-0.2, 0) is 4.74 Å². The first-order valence-corrected chi connectivity index (χ1v) is 11.6. The molecule has 0 spiro atoms. The molecular weight excluding hydrogens is 376 g/mol. The van der Waals surface area contributed by atoms with Gasteiger partial charge in [-0.3, -0.25) is 0 Å². The summed E-state index contributed by atoms with van der Waals surface area (Å²) >= 11 is 0. The zero-order valence-electron chi connectivity index (χ0n) is 18.7. The minimum Gasteiger partial charge on any atom is -0.410 e. The third-order valence-electron chi connectivity index (χ3n) is 5.69. The molecule has 0 heterocycles. The van der Waals surface area contributed by atoms with E-state index in [4.69, 9.17) is 9.47 Å². The minimum atomic E-state index is -0.367. The molecule has 1 fully saturated rings. The zero-order chi connectivity index (χ0) is 21.4. The van der Waals surface area contributed by atoms with Crippen molar-refractivity contribution < 1.29 is 14.3 Å². The molecular formula is C25H40N2O3. The molecule has 1 amide bonds. The van der Waals surface area contributed by atoms with E-state index in [1.54, 1.807) is 0 Å². The van der Waals surface area contributed by atoms with Crippen molar-refractivity contribution in [2.75, 3.05) is 26.2 Å². The number of benzene rings is 1. The lowest BCUT2D eigenvalue weighted by atomic mass is 9.87. The highest BCUT2D eigenvalue weighted by Gasteiger charge is 2.22. The fourth-order valence-electron chi connectivity index (χ4n) is 3.76. The van der Waals surface area contributed by atoms with Crippen molar-refractivity contribution in [2.45, 2.75) is 70.8 Å². The van der Waals surface area contributed by atoms with Crippen LogP contribution in [0.3, 0.4) is 0 Å². The maximum absolute atomic E-state index is 12.0. The Hall–Kier alpha value is -1.85. The number of aryl methyl sites for hydroxylation is 1. The average molecular weight is 417 g/mol. The van der Waals surface area contributed by atoms with Crippen LogP contribution in [0.15, 0.2) is 36.9 Å². The molecule has 2 N–H and O–H groups in total. The van der Waals surface area contributed by atoms with Crippen molar-refractivity contribution in [1.82, 2.24) is 10.6 Å². The van der Waals surface area contributed by atoms with E-state index < -0.39 is 0 Å². The van der Waals surface area contributed by atoms with Crippen molar-refractivity contribution >= 4 is 6.09 Å². The second-order valence-corrected chi connectivity index (χ2v) is 8.34. The Morgan fingerprint density at radius 2 is 1.80 bits per heavy atom. The number of amides is 1. The summed E-state index contributed by atoms with van der Waals surface area (Å²) in [6.07, 6.45) is 12.3. The van der Waals surface area contributed by atoms with Gasteiger partial charge < -0.3 is 20.1 Å². The van der Waals surface area contributed by atoms with Gasteiger partial charge >= 0.3 is 6.09 Å². The number of ether oxygens (including phenoxy) is 2. The molecule has 0 unspecified atom stereocenters. The molecule has 1 saturated carbocycles. The van der Waals surface area contributed by atoms with Gasteiger partial charge in [0.15, 0.2) is 0 Å². The molecule has 5 heteroatoms. The summed E-state index contributed by atoms with van der Waals surface area (Å²) < 4.78 is 11.4. The molecule has 1 aliphatic rings. The van der Waals surface area contributed by atoms with Crippen LogP contribution in [0.25, 0.3) is 0 Å². The Bertz CT molecular complexity index is 595. The predicted molar refractivity (Wildman–Crippen MR) is 123 cm³/mol. The Labute approximate surface area is 182 Å². The number of nitrogens with one attached hydrogen (secondary N) is 2. The maximum Gasteiger partial charge on any atom is 0.412 e. The van der Waals surface area contributed by atoms with Gasteiger partial charge in [0.2, 0.25) is 0 Å². The number of unbranched alkanes of at least 4 members (excludes halogenated alkanes) is 3. The molecule has 0 aliphatic heterocycles. The van der Waals surface area contributed by atoms with Crippen LogP contribution >= 0.6 is 0 Å². The van der Waals surface area contributed by atoms with Gasteiger partial charge in [-0.2, -0.15) is 0 Å². The van der Waals surface area contributed by atoms with E-state index in [1.807, 2.05) is 37.3 Å². The SMILES string of the molecule is C=CCCNCCCCCCOC1CCC(CNC(=O)Oc2ccc(C)cc2)CC1. The minimum absolute atomic E-state index is 0.367. The molecule has 5 nitrogen and oxygen atoms in total. The van der Waals surface area contributed by atoms with Gasteiger partial charge in [-0.1, -0.05) is 36.6 Å².